The van der Waals surface area contributed by atoms with E-state index in [1.54, 1.807) is 30.5 Å². The van der Waals surface area contributed by atoms with E-state index in [0.717, 1.165) is 5.39 Å². The first-order valence-electron chi connectivity index (χ1n) is 4.98. The highest BCUT2D eigenvalue weighted by Gasteiger charge is 2.07. The average Bonchev–Trinajstić information content (AvgIpc) is 2.36. The Labute approximate surface area is 104 Å². The van der Waals surface area contributed by atoms with Crippen LogP contribution in [0.4, 0.5) is 0 Å². The number of fused-ring (bicyclic) bond motifs is 1. The monoisotopic (exact) mass is 244 g/mol. The van der Waals surface area contributed by atoms with Crippen LogP contribution in [0.25, 0.3) is 10.9 Å². The van der Waals surface area contributed by atoms with E-state index in [1.165, 1.54) is 0 Å². The van der Waals surface area contributed by atoms with Crippen molar-refractivity contribution in [1.29, 1.82) is 0 Å². The van der Waals surface area contributed by atoms with Crippen LogP contribution in [0.3, 0.4) is 0 Å². The van der Waals surface area contributed by atoms with E-state index in [0.29, 0.717) is 16.1 Å². The van der Waals surface area contributed by atoms with Crippen molar-refractivity contribution in [3.05, 3.63) is 41.0 Å². The largest absolute Gasteiger partial charge is 0.341 e. The summed E-state index contributed by atoms with van der Waals surface area (Å²) < 4.78 is 0. The number of benzene rings is 1. The molecule has 84 valence electrons. The molecule has 0 saturated heterocycles. The first-order chi connectivity index (χ1) is 8.22. The second-order valence-electron chi connectivity index (χ2n) is 3.41. The molecule has 1 N–H and O–H groups in total. The number of hydrogen-bond acceptors (Lipinski definition) is 2. The van der Waals surface area contributed by atoms with Gasteiger partial charge in [-0.2, -0.15) is 0 Å². The molecular formula is C13H9ClN2O. The number of terminal acetylenes is 1. The number of rotatable bonds is 2. The van der Waals surface area contributed by atoms with Crippen molar-refractivity contribution in [3.8, 4) is 12.3 Å². The van der Waals surface area contributed by atoms with Crippen molar-refractivity contribution >= 4 is 28.4 Å². The number of halogens is 1. The maximum absolute atomic E-state index is 11.7. The summed E-state index contributed by atoms with van der Waals surface area (Å²) in [6, 6.07) is 6.87. The van der Waals surface area contributed by atoms with Crippen LogP contribution in [0.1, 0.15) is 10.4 Å². The van der Waals surface area contributed by atoms with Gasteiger partial charge in [-0.25, -0.2) is 0 Å². The minimum Gasteiger partial charge on any atom is -0.341 e. The lowest BCUT2D eigenvalue weighted by molar-refractivity contribution is 0.0959. The Kier molecular flexibility index (Phi) is 3.27. The summed E-state index contributed by atoms with van der Waals surface area (Å²) in [4.78, 5) is 15.8. The molecule has 1 aromatic carbocycles. The Balaban J connectivity index is 2.39. The molecule has 2 aromatic rings. The van der Waals surface area contributed by atoms with Gasteiger partial charge in [0.25, 0.3) is 5.91 Å². The van der Waals surface area contributed by atoms with E-state index in [1.807, 2.05) is 0 Å². The zero-order valence-corrected chi connectivity index (χ0v) is 9.66. The van der Waals surface area contributed by atoms with Crippen LogP contribution in [-0.2, 0) is 0 Å². The van der Waals surface area contributed by atoms with Crippen molar-refractivity contribution in [2.75, 3.05) is 6.54 Å². The molecule has 1 aromatic heterocycles. The molecule has 2 rings (SSSR count). The topological polar surface area (TPSA) is 42.0 Å². The number of amides is 1. The molecule has 0 aliphatic rings. The molecule has 0 bridgehead atoms. The number of carbonyl (C=O) groups is 1. The lowest BCUT2D eigenvalue weighted by Crippen LogP contribution is -2.23. The maximum atomic E-state index is 11.7. The van der Waals surface area contributed by atoms with Gasteiger partial charge >= 0.3 is 0 Å². The quantitative estimate of drug-likeness (QED) is 0.824. The van der Waals surface area contributed by atoms with Crippen LogP contribution in [0.15, 0.2) is 30.5 Å². The molecule has 1 amide bonds. The van der Waals surface area contributed by atoms with Gasteiger partial charge in [-0.1, -0.05) is 23.6 Å². The molecule has 0 fully saturated rings. The standard InChI is InChI=1S/C13H9ClN2O/c1-2-6-16-13(17)9-3-4-10-11(14)5-7-15-12(10)8-9/h1,3-5,7-8H,6H2,(H,16,17). The second-order valence-corrected chi connectivity index (χ2v) is 3.82. The minimum absolute atomic E-state index is 0.208. The van der Waals surface area contributed by atoms with Crippen LogP contribution in [0.2, 0.25) is 5.02 Å². The van der Waals surface area contributed by atoms with E-state index >= 15 is 0 Å². The van der Waals surface area contributed by atoms with Crippen molar-refractivity contribution in [2.45, 2.75) is 0 Å². The number of carbonyl (C=O) groups excluding carboxylic acids is 1. The van der Waals surface area contributed by atoms with Gasteiger partial charge < -0.3 is 5.32 Å². The summed E-state index contributed by atoms with van der Waals surface area (Å²) in [6.45, 7) is 0.208. The highest BCUT2D eigenvalue weighted by molar-refractivity contribution is 6.35. The highest BCUT2D eigenvalue weighted by Crippen LogP contribution is 2.22. The van der Waals surface area contributed by atoms with Gasteiger partial charge in [0.05, 0.1) is 17.1 Å². The Bertz CT molecular complexity index is 616. The first kappa shape index (κ1) is 11.4. The predicted molar refractivity (Wildman–Crippen MR) is 67.9 cm³/mol. The van der Waals surface area contributed by atoms with E-state index in [9.17, 15) is 4.79 Å². The third-order valence-electron chi connectivity index (χ3n) is 2.30. The Morgan fingerprint density at radius 3 is 3.06 bits per heavy atom. The fourth-order valence-electron chi connectivity index (χ4n) is 1.49. The van der Waals surface area contributed by atoms with E-state index in [2.05, 4.69) is 16.2 Å². The molecular weight excluding hydrogens is 236 g/mol. The van der Waals surface area contributed by atoms with Gasteiger partial charge in [-0.15, -0.1) is 6.42 Å². The van der Waals surface area contributed by atoms with Crippen molar-refractivity contribution in [2.24, 2.45) is 0 Å². The molecule has 17 heavy (non-hydrogen) atoms. The summed E-state index contributed by atoms with van der Waals surface area (Å²) in [6.07, 6.45) is 6.68. The summed E-state index contributed by atoms with van der Waals surface area (Å²) in [7, 11) is 0. The minimum atomic E-state index is -0.216. The van der Waals surface area contributed by atoms with E-state index < -0.39 is 0 Å². The lowest BCUT2D eigenvalue weighted by atomic mass is 10.1. The van der Waals surface area contributed by atoms with Crippen LogP contribution < -0.4 is 5.32 Å². The molecule has 0 unspecified atom stereocenters. The third-order valence-corrected chi connectivity index (χ3v) is 2.63. The van der Waals surface area contributed by atoms with Crippen molar-refractivity contribution in [1.82, 2.24) is 10.3 Å². The van der Waals surface area contributed by atoms with Crippen LogP contribution in [-0.4, -0.2) is 17.4 Å². The smallest absolute Gasteiger partial charge is 0.252 e. The molecule has 0 aliphatic carbocycles. The molecule has 0 saturated carbocycles. The molecule has 0 radical (unpaired) electrons. The summed E-state index contributed by atoms with van der Waals surface area (Å²) in [5.41, 5.74) is 1.20. The van der Waals surface area contributed by atoms with Gasteiger partial charge in [-0.3, -0.25) is 9.78 Å². The SMILES string of the molecule is C#CCNC(=O)c1ccc2c(Cl)ccnc2c1. The first-order valence-corrected chi connectivity index (χ1v) is 5.36. The van der Waals surface area contributed by atoms with Gasteiger partial charge in [0.2, 0.25) is 0 Å². The lowest BCUT2D eigenvalue weighted by Gasteiger charge is -2.04. The van der Waals surface area contributed by atoms with Crippen LogP contribution in [0, 0.1) is 12.3 Å². The molecule has 4 heteroatoms. The highest BCUT2D eigenvalue weighted by atomic mass is 35.5. The molecule has 0 spiro atoms. The normalized spacial score (nSPS) is 9.88. The Morgan fingerprint density at radius 1 is 1.47 bits per heavy atom. The van der Waals surface area contributed by atoms with Crippen molar-refractivity contribution < 1.29 is 4.79 Å². The number of aromatic nitrogens is 1. The fraction of sp³-hybridized carbons (Fsp3) is 0.0769. The summed E-state index contributed by atoms with van der Waals surface area (Å²) in [5, 5.41) is 4.03. The summed E-state index contributed by atoms with van der Waals surface area (Å²) in [5.74, 6) is 2.13. The summed E-state index contributed by atoms with van der Waals surface area (Å²) >= 11 is 6.01. The number of nitrogens with zero attached hydrogens (tertiary/aromatic N) is 1. The number of pyridine rings is 1. The van der Waals surface area contributed by atoms with Crippen LogP contribution >= 0.6 is 11.6 Å². The van der Waals surface area contributed by atoms with Gasteiger partial charge in [0, 0.05) is 17.1 Å². The number of hydrogen-bond donors (Lipinski definition) is 1. The molecule has 3 nitrogen and oxygen atoms in total. The predicted octanol–water partition coefficient (Wildman–Crippen LogP) is 2.25. The molecule has 0 aliphatic heterocycles. The second kappa shape index (κ2) is 4.86. The van der Waals surface area contributed by atoms with Gasteiger partial charge in [0.1, 0.15) is 0 Å². The Hall–Kier alpha value is -2.05. The zero-order chi connectivity index (χ0) is 12.3. The van der Waals surface area contributed by atoms with Crippen LogP contribution in [0.5, 0.6) is 0 Å². The van der Waals surface area contributed by atoms with E-state index in [4.69, 9.17) is 18.0 Å². The molecule has 1 heterocycles. The Morgan fingerprint density at radius 2 is 2.29 bits per heavy atom. The fourth-order valence-corrected chi connectivity index (χ4v) is 1.70. The maximum Gasteiger partial charge on any atom is 0.252 e. The van der Waals surface area contributed by atoms with Gasteiger partial charge in [-0.05, 0) is 18.2 Å². The van der Waals surface area contributed by atoms with Crippen molar-refractivity contribution in [3.63, 3.8) is 0 Å². The van der Waals surface area contributed by atoms with Gasteiger partial charge in [0.15, 0.2) is 0 Å². The molecule has 0 atom stereocenters. The average molecular weight is 245 g/mol. The zero-order valence-electron chi connectivity index (χ0n) is 8.90. The number of nitrogens with one attached hydrogen (secondary N) is 1. The third kappa shape index (κ3) is 2.38. The van der Waals surface area contributed by atoms with E-state index in [-0.39, 0.29) is 12.5 Å².